The van der Waals surface area contributed by atoms with Crippen molar-refractivity contribution in [3.05, 3.63) is 0 Å². The van der Waals surface area contributed by atoms with E-state index in [-0.39, 0.29) is 23.9 Å². The van der Waals surface area contributed by atoms with Crippen molar-refractivity contribution in [3.63, 3.8) is 0 Å². The molecule has 0 fully saturated rings. The van der Waals surface area contributed by atoms with E-state index in [0.29, 0.717) is 0 Å². The Morgan fingerprint density at radius 1 is 1.78 bits per heavy atom. The van der Waals surface area contributed by atoms with Gasteiger partial charge in [-0.3, -0.25) is 0 Å². The first-order valence-corrected chi connectivity index (χ1v) is 3.27. The van der Waals surface area contributed by atoms with Crippen LogP contribution in [0.4, 0.5) is 4.79 Å². The van der Waals surface area contributed by atoms with Crippen molar-refractivity contribution in [3.8, 4) is 0 Å². The zero-order valence-electron chi connectivity index (χ0n) is 5.42. The van der Waals surface area contributed by atoms with Gasteiger partial charge in [-0.05, 0) is 6.42 Å². The molecule has 0 bridgehead atoms. The summed E-state index contributed by atoms with van der Waals surface area (Å²) < 4.78 is 4.34. The van der Waals surface area contributed by atoms with Gasteiger partial charge in [-0.2, -0.15) is 0 Å². The molecule has 0 spiro atoms. The molecule has 0 aliphatic rings. The fourth-order valence-corrected chi connectivity index (χ4v) is 0.549. The van der Waals surface area contributed by atoms with Crippen molar-refractivity contribution in [2.24, 2.45) is 5.73 Å². The van der Waals surface area contributed by atoms with Gasteiger partial charge < -0.3 is 9.92 Å². The van der Waals surface area contributed by atoms with Gasteiger partial charge in [-0.15, -0.1) is 0 Å². The number of rotatable bonds is 3. The van der Waals surface area contributed by atoms with Crippen LogP contribution in [-0.2, 0) is 4.18 Å². The van der Waals surface area contributed by atoms with Crippen LogP contribution in [0, 0.1) is 0 Å². The van der Waals surface area contributed by atoms with Crippen LogP contribution in [0.3, 0.4) is 0 Å². The average Bonchev–Trinajstić information content (AvgIpc) is 1.66. The van der Waals surface area contributed by atoms with Gasteiger partial charge in [-0.25, -0.2) is 4.79 Å². The van der Waals surface area contributed by atoms with E-state index in [4.69, 9.17) is 0 Å². The molecule has 0 aromatic carbocycles. The minimum absolute atomic E-state index is 0. The first-order valence-electron chi connectivity index (χ1n) is 2.36. The van der Waals surface area contributed by atoms with Crippen molar-refractivity contribution < 1.29 is 8.98 Å². The van der Waals surface area contributed by atoms with Gasteiger partial charge >= 0.3 is 30.0 Å². The number of hydrogen-bond acceptors (Lipinski definition) is 3. The molecule has 3 nitrogen and oxygen atoms in total. The molecule has 0 saturated heterocycles. The molecule has 54 valence electrons. The molecule has 0 atom stereocenters. The van der Waals surface area contributed by atoms with E-state index >= 15 is 0 Å². The fourth-order valence-electron chi connectivity index (χ4n) is 0.183. The molecule has 0 unspecified atom stereocenters. The molecular weight excluding hydrogens is 245 g/mol. The predicted octanol–water partition coefficient (Wildman–Crippen LogP) is 0.224. The van der Waals surface area contributed by atoms with Crippen LogP contribution < -0.4 is 5.73 Å². The molecule has 0 aromatic rings. The zero-order chi connectivity index (χ0) is 6.41. The normalized spacial score (nSPS) is 7.67. The quantitative estimate of drug-likeness (QED) is 0.446. The Morgan fingerprint density at radius 2 is 2.33 bits per heavy atom. The summed E-state index contributed by atoms with van der Waals surface area (Å²) in [5, 5.41) is 0. The first-order chi connectivity index (χ1) is 3.77. The van der Waals surface area contributed by atoms with E-state index in [9.17, 15) is 4.79 Å². The monoisotopic (exact) mass is 257 g/mol. The maximum atomic E-state index is 9.85. The Labute approximate surface area is 75.9 Å². The van der Waals surface area contributed by atoms with Crippen LogP contribution >= 0.6 is 12.0 Å². The Balaban J connectivity index is 0. The number of amides is 1. The molecule has 2 N–H and O–H groups in total. The van der Waals surface area contributed by atoms with Gasteiger partial charge in [0.1, 0.15) is 0 Å². The van der Waals surface area contributed by atoms with Crippen LogP contribution in [0.2, 0.25) is 0 Å². The van der Waals surface area contributed by atoms with Gasteiger partial charge in [0.25, 0.3) is 0 Å². The fraction of sp³-hybridized carbons (Fsp3) is 0.750. The van der Waals surface area contributed by atoms with Crippen LogP contribution in [0.25, 0.3) is 0 Å². The van der Waals surface area contributed by atoms with Crippen LogP contribution in [-0.4, -0.2) is 35.8 Å². The van der Waals surface area contributed by atoms with Crippen molar-refractivity contribution in [1.29, 1.82) is 0 Å². The Morgan fingerprint density at radius 3 is 2.67 bits per heavy atom. The minimum atomic E-state index is -0.719. The van der Waals surface area contributed by atoms with Crippen molar-refractivity contribution in [2.45, 2.75) is 13.3 Å². The second-order valence-corrected chi connectivity index (χ2v) is 2.03. The summed E-state index contributed by atoms with van der Waals surface area (Å²) >= 11 is 1.09. The second-order valence-electron chi connectivity index (χ2n) is 1.22. The Hall–Kier alpha value is 0.419. The number of carbonyl (C=O) groups is 1. The number of carbonyl (C=O) groups excluding carboxylic acids is 1. The van der Waals surface area contributed by atoms with Crippen molar-refractivity contribution in [2.75, 3.05) is 5.75 Å². The van der Waals surface area contributed by atoms with Gasteiger partial charge in [0, 0.05) is 5.75 Å². The van der Waals surface area contributed by atoms with E-state index in [2.05, 4.69) is 9.92 Å². The predicted molar refractivity (Wildman–Crippen MR) is 42.0 cm³/mol. The van der Waals surface area contributed by atoms with Crippen molar-refractivity contribution in [1.82, 2.24) is 0 Å². The topological polar surface area (TPSA) is 52.3 Å². The van der Waals surface area contributed by atoms with Crippen LogP contribution in [0.1, 0.15) is 13.3 Å². The molecule has 0 aliphatic heterocycles. The second kappa shape index (κ2) is 8.42. The maximum absolute atomic E-state index is 9.85. The molecular formula is C4H11NO2SSn. The Kier molecular flexibility index (Phi) is 11.3. The molecule has 0 aliphatic carbocycles. The number of primary amides is 1. The Bertz CT molecular complexity index is 81.0. The van der Waals surface area contributed by atoms with Crippen LogP contribution in [0.15, 0.2) is 0 Å². The molecule has 0 heterocycles. The van der Waals surface area contributed by atoms with E-state index in [0.717, 1.165) is 24.2 Å². The van der Waals surface area contributed by atoms with Crippen molar-refractivity contribution >= 4 is 42.0 Å². The number of hydrogen-bond donors (Lipinski definition) is 1. The summed E-state index contributed by atoms with van der Waals surface area (Å²) in [6.07, 6.45) is 0.265. The molecule has 2 radical (unpaired) electrons. The molecule has 5 heteroatoms. The zero-order valence-corrected chi connectivity index (χ0v) is 10.3. The summed E-state index contributed by atoms with van der Waals surface area (Å²) in [5.74, 6) is 0.808. The van der Waals surface area contributed by atoms with Gasteiger partial charge in [0.05, 0.1) is 12.0 Å². The van der Waals surface area contributed by atoms with Gasteiger partial charge in [0.2, 0.25) is 0 Å². The summed E-state index contributed by atoms with van der Waals surface area (Å²) in [6, 6.07) is 0. The first kappa shape index (κ1) is 12.1. The van der Waals surface area contributed by atoms with Gasteiger partial charge in [0.15, 0.2) is 0 Å². The van der Waals surface area contributed by atoms with E-state index in [1.165, 1.54) is 0 Å². The summed E-state index contributed by atoms with van der Waals surface area (Å²) in [7, 11) is 0. The third-order valence-electron chi connectivity index (χ3n) is 0.429. The SMILES string of the molecule is CCCSOC(N)=O.[SnH2]. The molecule has 0 aromatic heterocycles. The summed E-state index contributed by atoms with van der Waals surface area (Å²) in [4.78, 5) is 9.85. The van der Waals surface area contributed by atoms with Gasteiger partial charge in [-0.1, -0.05) is 6.92 Å². The molecule has 0 saturated carbocycles. The van der Waals surface area contributed by atoms with Crippen LogP contribution in [0.5, 0.6) is 0 Å². The third-order valence-corrected chi connectivity index (χ3v) is 1.29. The van der Waals surface area contributed by atoms with E-state index in [1.807, 2.05) is 6.92 Å². The summed E-state index contributed by atoms with van der Waals surface area (Å²) in [6.45, 7) is 2.00. The molecule has 1 amide bonds. The van der Waals surface area contributed by atoms with E-state index < -0.39 is 6.09 Å². The standard InChI is InChI=1S/C4H9NO2S.Sn.2H/c1-2-3-8-7-4(5)6;;;/h2-3H2,1H3,(H2,5,6);;;. The third kappa shape index (κ3) is 11.8. The average molecular weight is 256 g/mol. The molecule has 0 rings (SSSR count). The van der Waals surface area contributed by atoms with E-state index in [1.54, 1.807) is 0 Å². The molecule has 9 heavy (non-hydrogen) atoms. The summed E-state index contributed by atoms with van der Waals surface area (Å²) in [5.41, 5.74) is 4.65. The number of nitrogens with two attached hydrogens (primary N) is 1.